The zero-order valence-corrected chi connectivity index (χ0v) is 13.3. The van der Waals surface area contributed by atoms with E-state index in [0.717, 1.165) is 31.5 Å². The van der Waals surface area contributed by atoms with E-state index in [-0.39, 0.29) is 5.91 Å². The number of likely N-dealkylation sites (tertiary alicyclic amines) is 1. The molecule has 1 aliphatic rings. The van der Waals surface area contributed by atoms with Gasteiger partial charge in [-0.1, -0.05) is 6.92 Å². The van der Waals surface area contributed by atoms with Crippen molar-refractivity contribution in [2.75, 3.05) is 18.4 Å². The fourth-order valence-corrected chi connectivity index (χ4v) is 2.61. The standard InChI is InChI=1S/C17H21N5O/c1-13-6-10-22(11-7-13)17(23)15-2-3-16(21-20-15)19-12-14-4-8-18-9-5-14/h2-5,8-9,13H,6-7,10-12H2,1H3,(H,19,21). The highest BCUT2D eigenvalue weighted by Gasteiger charge is 2.22. The van der Waals surface area contributed by atoms with Gasteiger partial charge in [0, 0.05) is 32.0 Å². The zero-order chi connectivity index (χ0) is 16.1. The number of aromatic nitrogens is 3. The summed E-state index contributed by atoms with van der Waals surface area (Å²) in [6.07, 6.45) is 5.63. The van der Waals surface area contributed by atoms with Crippen LogP contribution < -0.4 is 5.32 Å². The maximum Gasteiger partial charge on any atom is 0.274 e. The Morgan fingerprint density at radius 3 is 2.57 bits per heavy atom. The number of pyridine rings is 1. The molecule has 6 heteroatoms. The molecule has 1 N–H and O–H groups in total. The van der Waals surface area contributed by atoms with E-state index < -0.39 is 0 Å². The number of hydrogen-bond acceptors (Lipinski definition) is 5. The van der Waals surface area contributed by atoms with Crippen molar-refractivity contribution in [1.29, 1.82) is 0 Å². The van der Waals surface area contributed by atoms with Crippen LogP contribution in [0.3, 0.4) is 0 Å². The number of piperidine rings is 1. The Balaban J connectivity index is 1.57. The van der Waals surface area contributed by atoms with Gasteiger partial charge >= 0.3 is 0 Å². The summed E-state index contributed by atoms with van der Waals surface area (Å²) in [5.74, 6) is 1.33. The van der Waals surface area contributed by atoms with Gasteiger partial charge in [0.1, 0.15) is 5.82 Å². The van der Waals surface area contributed by atoms with E-state index in [2.05, 4.69) is 27.4 Å². The summed E-state index contributed by atoms with van der Waals surface area (Å²) in [6, 6.07) is 7.42. The van der Waals surface area contributed by atoms with Gasteiger partial charge in [-0.05, 0) is 48.6 Å². The molecule has 120 valence electrons. The zero-order valence-electron chi connectivity index (χ0n) is 13.3. The Hall–Kier alpha value is -2.50. The van der Waals surface area contributed by atoms with E-state index in [0.29, 0.717) is 24.0 Å². The molecule has 3 rings (SSSR count). The van der Waals surface area contributed by atoms with Gasteiger partial charge in [0.05, 0.1) is 0 Å². The Morgan fingerprint density at radius 2 is 1.91 bits per heavy atom. The lowest BCUT2D eigenvalue weighted by molar-refractivity contribution is 0.0690. The van der Waals surface area contributed by atoms with E-state index in [4.69, 9.17) is 0 Å². The molecule has 0 aliphatic carbocycles. The number of rotatable bonds is 4. The van der Waals surface area contributed by atoms with E-state index in [1.165, 1.54) is 0 Å². The molecule has 0 radical (unpaired) electrons. The molecule has 23 heavy (non-hydrogen) atoms. The molecule has 3 heterocycles. The first-order chi connectivity index (χ1) is 11.2. The van der Waals surface area contributed by atoms with Crippen LogP contribution in [0.25, 0.3) is 0 Å². The molecule has 1 saturated heterocycles. The second-order valence-corrected chi connectivity index (χ2v) is 5.99. The first-order valence-electron chi connectivity index (χ1n) is 7.98. The average Bonchev–Trinajstić information content (AvgIpc) is 2.61. The fourth-order valence-electron chi connectivity index (χ4n) is 2.61. The van der Waals surface area contributed by atoms with E-state index in [1.54, 1.807) is 24.5 Å². The molecule has 1 fully saturated rings. The first kappa shape index (κ1) is 15.4. The third-order valence-electron chi connectivity index (χ3n) is 4.18. The molecule has 0 saturated carbocycles. The quantitative estimate of drug-likeness (QED) is 0.938. The van der Waals surface area contributed by atoms with Crippen LogP contribution in [-0.2, 0) is 6.54 Å². The van der Waals surface area contributed by atoms with Crippen LogP contribution in [0.4, 0.5) is 5.82 Å². The Labute approximate surface area is 136 Å². The number of hydrogen-bond donors (Lipinski definition) is 1. The maximum atomic E-state index is 12.4. The summed E-state index contributed by atoms with van der Waals surface area (Å²) in [5.41, 5.74) is 1.53. The van der Waals surface area contributed by atoms with E-state index in [9.17, 15) is 4.79 Å². The molecule has 6 nitrogen and oxygen atoms in total. The normalized spacial score (nSPS) is 15.4. The average molecular weight is 311 g/mol. The Bertz CT molecular complexity index is 636. The second kappa shape index (κ2) is 7.17. The number of carbonyl (C=O) groups is 1. The molecular formula is C17H21N5O. The van der Waals surface area contributed by atoms with Crippen molar-refractivity contribution in [3.8, 4) is 0 Å². The van der Waals surface area contributed by atoms with Gasteiger partial charge in [-0.25, -0.2) is 0 Å². The van der Waals surface area contributed by atoms with Crippen molar-refractivity contribution >= 4 is 11.7 Å². The maximum absolute atomic E-state index is 12.4. The molecular weight excluding hydrogens is 290 g/mol. The molecule has 0 atom stereocenters. The van der Waals surface area contributed by atoms with Crippen molar-refractivity contribution in [2.45, 2.75) is 26.3 Å². The molecule has 0 unspecified atom stereocenters. The number of carbonyl (C=O) groups excluding carboxylic acids is 1. The molecule has 2 aromatic heterocycles. The second-order valence-electron chi connectivity index (χ2n) is 5.99. The van der Waals surface area contributed by atoms with Crippen molar-refractivity contribution in [2.24, 2.45) is 5.92 Å². The van der Waals surface area contributed by atoms with Gasteiger partial charge in [-0.3, -0.25) is 9.78 Å². The molecule has 1 amide bonds. The monoisotopic (exact) mass is 311 g/mol. The van der Waals surface area contributed by atoms with Crippen molar-refractivity contribution in [3.63, 3.8) is 0 Å². The highest BCUT2D eigenvalue weighted by Crippen LogP contribution is 2.17. The molecule has 0 aromatic carbocycles. The topological polar surface area (TPSA) is 71.0 Å². The van der Waals surface area contributed by atoms with Crippen LogP contribution in [0, 0.1) is 5.92 Å². The summed E-state index contributed by atoms with van der Waals surface area (Å²) in [4.78, 5) is 18.2. The summed E-state index contributed by atoms with van der Waals surface area (Å²) < 4.78 is 0. The smallest absolute Gasteiger partial charge is 0.274 e. The van der Waals surface area contributed by atoms with Crippen LogP contribution in [-0.4, -0.2) is 39.1 Å². The first-order valence-corrected chi connectivity index (χ1v) is 7.98. The summed E-state index contributed by atoms with van der Waals surface area (Å²) >= 11 is 0. The number of amides is 1. The molecule has 1 aliphatic heterocycles. The lowest BCUT2D eigenvalue weighted by Crippen LogP contribution is -2.38. The summed E-state index contributed by atoms with van der Waals surface area (Å²) in [5, 5.41) is 11.4. The van der Waals surface area contributed by atoms with Crippen molar-refractivity contribution in [1.82, 2.24) is 20.1 Å². The predicted octanol–water partition coefficient (Wildman–Crippen LogP) is 2.36. The SMILES string of the molecule is CC1CCN(C(=O)c2ccc(NCc3ccncc3)nn2)CC1. The van der Waals surface area contributed by atoms with Gasteiger partial charge in [0.2, 0.25) is 0 Å². The van der Waals surface area contributed by atoms with Crippen molar-refractivity contribution in [3.05, 3.63) is 47.9 Å². The molecule has 2 aromatic rings. The van der Waals surface area contributed by atoms with Crippen LogP contribution in [0.1, 0.15) is 35.8 Å². The fraction of sp³-hybridized carbons (Fsp3) is 0.412. The minimum atomic E-state index is -0.0231. The lowest BCUT2D eigenvalue weighted by atomic mass is 9.99. The van der Waals surface area contributed by atoms with Crippen LogP contribution in [0.2, 0.25) is 0 Å². The summed E-state index contributed by atoms with van der Waals surface area (Å²) in [6.45, 7) is 4.49. The summed E-state index contributed by atoms with van der Waals surface area (Å²) in [7, 11) is 0. The minimum Gasteiger partial charge on any atom is -0.365 e. The van der Waals surface area contributed by atoms with Crippen LogP contribution in [0.5, 0.6) is 0 Å². The van der Waals surface area contributed by atoms with Gasteiger partial charge in [0.15, 0.2) is 5.69 Å². The van der Waals surface area contributed by atoms with E-state index in [1.807, 2.05) is 17.0 Å². The number of nitrogens with one attached hydrogen (secondary N) is 1. The van der Waals surface area contributed by atoms with Gasteiger partial charge < -0.3 is 10.2 Å². The highest BCUT2D eigenvalue weighted by atomic mass is 16.2. The lowest BCUT2D eigenvalue weighted by Gasteiger charge is -2.29. The van der Waals surface area contributed by atoms with Gasteiger partial charge in [0.25, 0.3) is 5.91 Å². The Morgan fingerprint density at radius 1 is 1.17 bits per heavy atom. The largest absolute Gasteiger partial charge is 0.365 e. The number of anilines is 1. The van der Waals surface area contributed by atoms with Crippen LogP contribution >= 0.6 is 0 Å². The van der Waals surface area contributed by atoms with Crippen molar-refractivity contribution < 1.29 is 4.79 Å². The van der Waals surface area contributed by atoms with Gasteiger partial charge in [-0.15, -0.1) is 10.2 Å². The third kappa shape index (κ3) is 4.03. The molecule has 0 bridgehead atoms. The van der Waals surface area contributed by atoms with Crippen LogP contribution in [0.15, 0.2) is 36.7 Å². The molecule has 0 spiro atoms. The highest BCUT2D eigenvalue weighted by molar-refractivity contribution is 5.92. The minimum absolute atomic E-state index is 0.0231. The predicted molar refractivity (Wildman–Crippen MR) is 87.9 cm³/mol. The number of nitrogens with zero attached hydrogens (tertiary/aromatic N) is 4. The third-order valence-corrected chi connectivity index (χ3v) is 4.18. The van der Waals surface area contributed by atoms with E-state index >= 15 is 0 Å². The van der Waals surface area contributed by atoms with Gasteiger partial charge in [-0.2, -0.15) is 0 Å². The Kier molecular flexibility index (Phi) is 4.80.